The molecule has 0 bridgehead atoms. The number of ether oxygens (including phenoxy) is 1. The molecule has 19 heavy (non-hydrogen) atoms. The Morgan fingerprint density at radius 1 is 1.42 bits per heavy atom. The van der Waals surface area contributed by atoms with E-state index in [9.17, 15) is 25.0 Å². The van der Waals surface area contributed by atoms with Crippen molar-refractivity contribution >= 4 is 19.7 Å². The Hall–Kier alpha value is -1.07. The first-order chi connectivity index (χ1) is 8.66. The van der Waals surface area contributed by atoms with Crippen LogP contribution >= 0.6 is 7.82 Å². The Labute approximate surface area is 105 Å². The Morgan fingerprint density at radius 2 is 2.05 bits per heavy atom. The van der Waals surface area contributed by atoms with Crippen LogP contribution in [0.25, 0.3) is 0 Å². The van der Waals surface area contributed by atoms with Crippen LogP contribution in [0.2, 0.25) is 0 Å². The predicted molar refractivity (Wildman–Crippen MR) is 52.5 cm³/mol. The summed E-state index contributed by atoms with van der Waals surface area (Å²) in [4.78, 5) is 23.1. The van der Waals surface area contributed by atoms with E-state index < -0.39 is 50.4 Å². The van der Waals surface area contributed by atoms with Gasteiger partial charge in [0.15, 0.2) is 0 Å². The van der Waals surface area contributed by atoms with Crippen LogP contribution in [0.15, 0.2) is 9.98 Å². The number of rotatable bonds is 3. The van der Waals surface area contributed by atoms with Crippen LogP contribution < -0.4 is 10.2 Å². The van der Waals surface area contributed by atoms with E-state index in [1.165, 1.54) is 0 Å². The zero-order chi connectivity index (χ0) is 14.4. The molecule has 0 amide bonds. The quantitative estimate of drug-likeness (QED) is 0.371. The zero-order valence-electron chi connectivity index (χ0n) is 9.11. The highest BCUT2D eigenvalue weighted by Crippen LogP contribution is 2.40. The van der Waals surface area contributed by atoms with Crippen LogP contribution in [0, 0.1) is 0 Å². The van der Waals surface area contributed by atoms with Gasteiger partial charge in [0.1, 0.15) is 18.3 Å². The molecule has 4 N–H and O–H groups in total. The number of aliphatic imine (C=N–C) groups is 2. The van der Waals surface area contributed by atoms with Crippen molar-refractivity contribution in [2.75, 3.05) is 6.61 Å². The van der Waals surface area contributed by atoms with Crippen molar-refractivity contribution in [3.8, 4) is 0 Å². The van der Waals surface area contributed by atoms with Crippen LogP contribution in [-0.2, 0) is 13.8 Å². The second-order valence-electron chi connectivity index (χ2n) is 3.89. The van der Waals surface area contributed by atoms with Crippen LogP contribution in [0.5, 0.6) is 0 Å². The lowest BCUT2D eigenvalue weighted by Gasteiger charge is -2.29. The van der Waals surface area contributed by atoms with Crippen molar-refractivity contribution in [2.45, 2.75) is 24.0 Å². The molecule has 0 saturated carbocycles. The van der Waals surface area contributed by atoms with E-state index in [2.05, 4.69) is 14.5 Å². The average Bonchev–Trinajstić information content (AvgIpc) is 2.68. The monoisotopic (exact) mass is 296 g/mol. The smallest absolute Gasteiger partial charge is 0.469 e. The van der Waals surface area contributed by atoms with Gasteiger partial charge in [0.05, 0.1) is 12.6 Å². The number of hydrogen-bond acceptors (Lipinski definition) is 9. The van der Waals surface area contributed by atoms with Crippen molar-refractivity contribution in [1.82, 2.24) is 0 Å². The Morgan fingerprint density at radius 3 is 2.53 bits per heavy atom. The summed E-state index contributed by atoms with van der Waals surface area (Å²) in [6.45, 7) is -0.804. The molecule has 0 radical (unpaired) electrons. The highest BCUT2D eigenvalue weighted by atomic mass is 31.2. The van der Waals surface area contributed by atoms with Gasteiger partial charge in [0.2, 0.25) is 5.72 Å². The fourth-order valence-corrected chi connectivity index (χ4v) is 2.10. The first-order valence-corrected chi connectivity index (χ1v) is 6.46. The second kappa shape index (κ2) is 4.49. The van der Waals surface area contributed by atoms with E-state index in [4.69, 9.17) is 14.5 Å². The molecule has 2 unspecified atom stereocenters. The summed E-state index contributed by atoms with van der Waals surface area (Å²) in [5, 5.41) is 41.6. The van der Waals surface area contributed by atoms with Crippen LogP contribution in [0.3, 0.4) is 0 Å². The van der Waals surface area contributed by atoms with Gasteiger partial charge in [0, 0.05) is 5.90 Å². The first kappa shape index (κ1) is 14.3. The molecule has 2 aliphatic heterocycles. The average molecular weight is 296 g/mol. The van der Waals surface area contributed by atoms with Gasteiger partial charge in [-0.05, 0) is 0 Å². The minimum Gasteiger partial charge on any atom is -0.858 e. The Kier molecular flexibility index (Phi) is 3.39. The molecule has 0 aliphatic carbocycles. The number of phosphoric ester groups is 1. The molecular formula is C7H9N2O9P-2. The maximum absolute atomic E-state index is 11.4. The van der Waals surface area contributed by atoms with Crippen molar-refractivity contribution in [2.24, 2.45) is 9.98 Å². The van der Waals surface area contributed by atoms with Gasteiger partial charge >= 0.3 is 7.82 Å². The Balaban J connectivity index is 2.16. The summed E-state index contributed by atoms with van der Waals surface area (Å²) >= 11 is 0. The first-order valence-electron chi connectivity index (χ1n) is 4.93. The molecule has 0 aromatic heterocycles. The minimum absolute atomic E-state index is 0.804. The summed E-state index contributed by atoms with van der Waals surface area (Å²) in [7, 11) is -4.81. The van der Waals surface area contributed by atoms with Gasteiger partial charge in [-0.15, -0.1) is 0 Å². The number of phosphoric acid groups is 1. The third-order valence-corrected chi connectivity index (χ3v) is 3.09. The van der Waals surface area contributed by atoms with Crippen molar-refractivity contribution in [3.05, 3.63) is 0 Å². The summed E-state index contributed by atoms with van der Waals surface area (Å²) in [5.74, 6) is -1.19. The van der Waals surface area contributed by atoms with Gasteiger partial charge in [-0.3, -0.25) is 9.52 Å². The highest BCUT2D eigenvalue weighted by molar-refractivity contribution is 7.46. The number of aliphatic hydroxyl groups is 2. The van der Waals surface area contributed by atoms with Gasteiger partial charge in [0.25, 0.3) is 0 Å². The number of hydrogen-bond donors (Lipinski definition) is 4. The molecule has 2 rings (SSSR count). The lowest BCUT2D eigenvalue weighted by molar-refractivity contribution is -0.244. The summed E-state index contributed by atoms with van der Waals surface area (Å²) in [6.07, 6.45) is -5.06. The summed E-state index contributed by atoms with van der Waals surface area (Å²) in [6, 6.07) is -1.17. The Bertz CT molecular complexity index is 487. The molecule has 11 nitrogen and oxygen atoms in total. The van der Waals surface area contributed by atoms with E-state index in [1.54, 1.807) is 0 Å². The molecule has 12 heteroatoms. The standard InChI is InChI=1S/C7H11N2O9P/c10-3-2(1-17-19(14,15)16)18-7(4(3)11)5(12)8-6(13)9-7/h2-4,10-11H,1H2,(H2,14,15,16)(H2,8,9,12,13)/p-2/t2-,3?,4?,7+/m1/s1. The van der Waals surface area contributed by atoms with Crippen LogP contribution in [0.4, 0.5) is 0 Å². The zero-order valence-corrected chi connectivity index (χ0v) is 10.0. The minimum atomic E-state index is -4.81. The van der Waals surface area contributed by atoms with E-state index in [-0.39, 0.29) is 0 Å². The molecular weight excluding hydrogens is 287 g/mol. The topological polar surface area (TPSA) is 187 Å². The predicted octanol–water partition coefficient (Wildman–Crippen LogP) is -4.60. The van der Waals surface area contributed by atoms with E-state index in [0.717, 1.165) is 0 Å². The molecule has 0 aromatic rings. The van der Waals surface area contributed by atoms with Gasteiger partial charge < -0.3 is 34.9 Å². The molecule has 1 saturated heterocycles. The summed E-state index contributed by atoms with van der Waals surface area (Å²) < 4.78 is 19.5. The maximum Gasteiger partial charge on any atom is 0.469 e. The normalized spacial score (nSPS) is 38.6. The largest absolute Gasteiger partial charge is 0.858 e. The lowest BCUT2D eigenvalue weighted by atomic mass is 10.0. The van der Waals surface area contributed by atoms with Crippen molar-refractivity contribution in [1.29, 1.82) is 0 Å². The van der Waals surface area contributed by atoms with Crippen LogP contribution in [0.1, 0.15) is 0 Å². The molecule has 4 atom stereocenters. The van der Waals surface area contributed by atoms with Gasteiger partial charge in [-0.1, -0.05) is 0 Å². The molecule has 2 heterocycles. The molecule has 0 aromatic carbocycles. The lowest BCUT2D eigenvalue weighted by Crippen LogP contribution is -2.51. The third kappa shape index (κ3) is 2.49. The van der Waals surface area contributed by atoms with E-state index in [0.29, 0.717) is 0 Å². The summed E-state index contributed by atoms with van der Waals surface area (Å²) in [5.41, 5.74) is -2.36. The molecule has 1 spiro atoms. The van der Waals surface area contributed by atoms with Crippen molar-refractivity contribution < 1.29 is 44.0 Å². The fraction of sp³-hybridized carbons (Fsp3) is 0.714. The highest BCUT2D eigenvalue weighted by Gasteiger charge is 2.56. The number of aliphatic hydroxyl groups excluding tert-OH is 2. The van der Waals surface area contributed by atoms with Crippen molar-refractivity contribution in [3.63, 3.8) is 0 Å². The van der Waals surface area contributed by atoms with Crippen LogP contribution in [-0.4, -0.2) is 62.6 Å². The van der Waals surface area contributed by atoms with E-state index in [1.807, 2.05) is 0 Å². The third-order valence-electron chi connectivity index (χ3n) is 2.61. The maximum atomic E-state index is 11.4. The van der Waals surface area contributed by atoms with Gasteiger partial charge in [-0.2, -0.15) is 0 Å². The fourth-order valence-electron chi connectivity index (χ4n) is 1.76. The molecule has 108 valence electrons. The number of nitrogens with zero attached hydrogens (tertiary/aromatic N) is 2. The molecule has 2 aliphatic rings. The second-order valence-corrected chi connectivity index (χ2v) is 5.13. The van der Waals surface area contributed by atoms with E-state index >= 15 is 0 Å². The number of amidine groups is 1. The van der Waals surface area contributed by atoms with Gasteiger partial charge in [-0.25, -0.2) is 9.56 Å². The SMILES string of the molecule is O=P(O)(O)OC[C@H]1O[C@@]2(N=C([O-])N=C2[O-])C(O)C1O. The molecule has 1 fully saturated rings.